The molecule has 15 heavy (non-hydrogen) atoms. The maximum Gasteiger partial charge on any atom is 0.126 e. The first-order valence-corrected chi connectivity index (χ1v) is 6.23. The molecule has 2 rings (SSSR count). The van der Waals surface area contributed by atoms with Crippen LogP contribution in [-0.2, 0) is 11.0 Å². The standard InChI is InChI=1S/C11H14FNOS/c1-8-6-10(4-5-11(8)12)15(14)13-7-9-2-3-9/h4-6,9,13H,2-3,7H2,1H3. The zero-order valence-corrected chi connectivity index (χ0v) is 9.44. The first-order valence-electron chi connectivity index (χ1n) is 5.08. The molecular weight excluding hydrogens is 213 g/mol. The summed E-state index contributed by atoms with van der Waals surface area (Å²) >= 11 is 0. The van der Waals surface area contributed by atoms with Crippen LogP contribution >= 0.6 is 0 Å². The van der Waals surface area contributed by atoms with Crippen LogP contribution in [0.2, 0.25) is 0 Å². The van der Waals surface area contributed by atoms with Crippen molar-refractivity contribution in [2.75, 3.05) is 6.54 Å². The Balaban J connectivity index is 2.00. The van der Waals surface area contributed by atoms with Gasteiger partial charge in [-0.2, -0.15) is 0 Å². The van der Waals surface area contributed by atoms with Gasteiger partial charge in [-0.1, -0.05) is 0 Å². The molecule has 1 atom stereocenters. The van der Waals surface area contributed by atoms with Crippen molar-refractivity contribution in [2.24, 2.45) is 5.92 Å². The van der Waals surface area contributed by atoms with Gasteiger partial charge in [-0.3, -0.25) is 0 Å². The first-order chi connectivity index (χ1) is 7.16. The minimum absolute atomic E-state index is 0.252. The highest BCUT2D eigenvalue weighted by molar-refractivity contribution is 7.83. The molecule has 0 aliphatic heterocycles. The molecule has 0 bridgehead atoms. The largest absolute Gasteiger partial charge is 0.238 e. The lowest BCUT2D eigenvalue weighted by atomic mass is 10.2. The molecular formula is C11H14FNOS. The summed E-state index contributed by atoms with van der Waals surface area (Å²) in [4.78, 5) is 0.648. The third-order valence-electron chi connectivity index (χ3n) is 2.54. The monoisotopic (exact) mass is 227 g/mol. The van der Waals surface area contributed by atoms with Crippen molar-refractivity contribution in [3.05, 3.63) is 29.6 Å². The molecule has 82 valence electrons. The van der Waals surface area contributed by atoms with Crippen molar-refractivity contribution in [3.63, 3.8) is 0 Å². The van der Waals surface area contributed by atoms with Crippen molar-refractivity contribution in [2.45, 2.75) is 24.7 Å². The minimum Gasteiger partial charge on any atom is -0.238 e. The summed E-state index contributed by atoms with van der Waals surface area (Å²) in [6, 6.07) is 4.56. The molecule has 0 amide bonds. The summed E-state index contributed by atoms with van der Waals surface area (Å²) in [5.74, 6) is 0.438. The Morgan fingerprint density at radius 1 is 1.53 bits per heavy atom. The third-order valence-corrected chi connectivity index (χ3v) is 3.65. The zero-order valence-electron chi connectivity index (χ0n) is 8.63. The van der Waals surface area contributed by atoms with Gasteiger partial charge in [-0.15, -0.1) is 0 Å². The van der Waals surface area contributed by atoms with Crippen molar-refractivity contribution in [3.8, 4) is 0 Å². The van der Waals surface area contributed by atoms with Gasteiger partial charge in [0, 0.05) is 6.54 Å². The lowest BCUT2D eigenvalue weighted by Crippen LogP contribution is -2.19. The highest BCUT2D eigenvalue weighted by Gasteiger charge is 2.21. The number of aryl methyl sites for hydroxylation is 1. The summed E-state index contributed by atoms with van der Waals surface area (Å²) in [6.07, 6.45) is 2.46. The van der Waals surface area contributed by atoms with Gasteiger partial charge in [-0.25, -0.2) is 13.3 Å². The number of nitrogens with one attached hydrogen (secondary N) is 1. The van der Waals surface area contributed by atoms with Crippen molar-refractivity contribution < 1.29 is 8.60 Å². The van der Waals surface area contributed by atoms with E-state index in [1.807, 2.05) is 0 Å². The maximum atomic E-state index is 13.0. The summed E-state index contributed by atoms with van der Waals surface area (Å²) < 4.78 is 27.6. The zero-order chi connectivity index (χ0) is 10.8. The van der Waals surface area contributed by atoms with E-state index in [1.165, 1.54) is 18.9 Å². The third kappa shape index (κ3) is 2.86. The van der Waals surface area contributed by atoms with Gasteiger partial charge in [0.15, 0.2) is 0 Å². The van der Waals surface area contributed by atoms with Crippen LogP contribution in [0.3, 0.4) is 0 Å². The van der Waals surface area contributed by atoms with Gasteiger partial charge in [-0.05, 0) is 49.4 Å². The molecule has 1 unspecified atom stereocenters. The van der Waals surface area contributed by atoms with Crippen LogP contribution in [0.1, 0.15) is 18.4 Å². The molecule has 0 spiro atoms. The fourth-order valence-corrected chi connectivity index (χ4v) is 2.36. The normalized spacial score (nSPS) is 17.7. The number of rotatable bonds is 4. The highest BCUT2D eigenvalue weighted by atomic mass is 32.2. The predicted octanol–water partition coefficient (Wildman–Crippen LogP) is 2.16. The number of hydrogen-bond donors (Lipinski definition) is 1. The van der Waals surface area contributed by atoms with E-state index in [1.54, 1.807) is 19.1 Å². The van der Waals surface area contributed by atoms with Crippen molar-refractivity contribution in [1.29, 1.82) is 0 Å². The summed E-state index contributed by atoms with van der Waals surface area (Å²) in [7, 11) is -1.20. The van der Waals surface area contributed by atoms with E-state index in [0.29, 0.717) is 16.4 Å². The molecule has 0 saturated heterocycles. The lowest BCUT2D eigenvalue weighted by molar-refractivity contribution is 0.616. The lowest BCUT2D eigenvalue weighted by Gasteiger charge is -2.04. The number of benzene rings is 1. The van der Waals surface area contributed by atoms with Crippen LogP contribution in [0.15, 0.2) is 23.1 Å². The van der Waals surface area contributed by atoms with Crippen molar-refractivity contribution in [1.82, 2.24) is 4.72 Å². The van der Waals surface area contributed by atoms with Gasteiger partial charge < -0.3 is 0 Å². The van der Waals surface area contributed by atoms with E-state index in [0.717, 1.165) is 6.54 Å². The van der Waals surface area contributed by atoms with E-state index in [4.69, 9.17) is 0 Å². The molecule has 0 radical (unpaired) electrons. The Morgan fingerprint density at radius 3 is 2.87 bits per heavy atom. The van der Waals surface area contributed by atoms with E-state index in [9.17, 15) is 8.60 Å². The average molecular weight is 227 g/mol. The Labute approximate surface area is 91.5 Å². The second-order valence-electron chi connectivity index (χ2n) is 3.97. The topological polar surface area (TPSA) is 29.1 Å². The summed E-state index contributed by atoms with van der Waals surface area (Å²) in [5, 5.41) is 0. The fraction of sp³-hybridized carbons (Fsp3) is 0.455. The molecule has 1 N–H and O–H groups in total. The van der Waals surface area contributed by atoms with Crippen LogP contribution in [0.25, 0.3) is 0 Å². The molecule has 1 aliphatic carbocycles. The van der Waals surface area contributed by atoms with Gasteiger partial charge >= 0.3 is 0 Å². The second kappa shape index (κ2) is 4.41. The molecule has 2 nitrogen and oxygen atoms in total. The quantitative estimate of drug-likeness (QED) is 0.839. The summed E-state index contributed by atoms with van der Waals surface area (Å²) in [5.41, 5.74) is 0.536. The smallest absolute Gasteiger partial charge is 0.126 e. The van der Waals surface area contributed by atoms with E-state index in [-0.39, 0.29) is 5.82 Å². The Hall–Kier alpha value is -0.740. The van der Waals surface area contributed by atoms with E-state index < -0.39 is 11.0 Å². The average Bonchev–Trinajstić information content (AvgIpc) is 3.02. The minimum atomic E-state index is -1.20. The van der Waals surface area contributed by atoms with E-state index >= 15 is 0 Å². The Morgan fingerprint density at radius 2 is 2.27 bits per heavy atom. The van der Waals surface area contributed by atoms with Crippen LogP contribution < -0.4 is 4.72 Å². The molecule has 4 heteroatoms. The molecule has 1 aliphatic rings. The SMILES string of the molecule is Cc1cc(S(=O)NCC2CC2)ccc1F. The van der Waals surface area contributed by atoms with Gasteiger partial charge in [0.2, 0.25) is 0 Å². The van der Waals surface area contributed by atoms with Crippen LogP contribution in [0, 0.1) is 18.7 Å². The molecule has 1 aromatic carbocycles. The summed E-state index contributed by atoms with van der Waals surface area (Å²) in [6.45, 7) is 2.47. The van der Waals surface area contributed by atoms with Gasteiger partial charge in [0.25, 0.3) is 0 Å². The molecule has 1 fully saturated rings. The van der Waals surface area contributed by atoms with Crippen molar-refractivity contribution >= 4 is 11.0 Å². The number of halogens is 1. The molecule has 1 saturated carbocycles. The first kappa shape index (κ1) is 10.8. The maximum absolute atomic E-state index is 13.0. The fourth-order valence-electron chi connectivity index (χ4n) is 1.33. The molecule has 1 aromatic rings. The van der Waals surface area contributed by atoms with Crippen LogP contribution in [0.5, 0.6) is 0 Å². The molecule has 0 aromatic heterocycles. The number of hydrogen-bond acceptors (Lipinski definition) is 1. The van der Waals surface area contributed by atoms with E-state index in [2.05, 4.69) is 4.72 Å². The predicted molar refractivity (Wildman–Crippen MR) is 58.3 cm³/mol. The highest BCUT2D eigenvalue weighted by Crippen LogP contribution is 2.27. The Kier molecular flexibility index (Phi) is 3.17. The Bertz CT molecular complexity index is 390. The molecule has 0 heterocycles. The second-order valence-corrected chi connectivity index (χ2v) is 5.27. The van der Waals surface area contributed by atoms with Crippen LogP contribution in [-0.4, -0.2) is 10.8 Å². The van der Waals surface area contributed by atoms with Gasteiger partial charge in [0.1, 0.15) is 16.8 Å². The van der Waals surface area contributed by atoms with Crippen LogP contribution in [0.4, 0.5) is 4.39 Å². The van der Waals surface area contributed by atoms with Gasteiger partial charge in [0.05, 0.1) is 4.90 Å².